The zero-order valence-electron chi connectivity index (χ0n) is 15.9. The van der Waals surface area contributed by atoms with Gasteiger partial charge in [-0.15, -0.1) is 0 Å². The Morgan fingerprint density at radius 1 is 1.17 bits per heavy atom. The maximum atomic E-state index is 11.9. The summed E-state index contributed by atoms with van der Waals surface area (Å²) < 4.78 is 17.0. The molecule has 0 aliphatic rings. The molecule has 0 radical (unpaired) electrons. The third-order valence-electron chi connectivity index (χ3n) is 4.68. The molecule has 5 heteroatoms. The third kappa shape index (κ3) is 6.75. The lowest BCUT2D eigenvalue weighted by Gasteiger charge is -2.37. The lowest BCUT2D eigenvalue weighted by molar-refractivity contribution is 0.0329. The summed E-state index contributed by atoms with van der Waals surface area (Å²) in [5.41, 5.74) is 0.585. The average Bonchev–Trinajstić information content (AvgIpc) is 2.53. The molecule has 0 N–H and O–H groups in total. The molecule has 136 valence electrons. The molecule has 0 saturated heterocycles. The van der Waals surface area contributed by atoms with E-state index in [4.69, 9.17) is 13.9 Å². The van der Waals surface area contributed by atoms with Crippen LogP contribution in [0.5, 0.6) is 0 Å². The van der Waals surface area contributed by atoms with Crippen LogP contribution < -0.4 is 0 Å². The largest absolute Gasteiger partial charge is 0.462 e. The van der Waals surface area contributed by atoms with E-state index in [1.807, 2.05) is 18.2 Å². The van der Waals surface area contributed by atoms with E-state index in [-0.39, 0.29) is 17.1 Å². The van der Waals surface area contributed by atoms with Gasteiger partial charge in [-0.3, -0.25) is 0 Å². The van der Waals surface area contributed by atoms with Crippen LogP contribution in [0.3, 0.4) is 0 Å². The number of hydrogen-bond acceptors (Lipinski definition) is 4. The van der Waals surface area contributed by atoms with Gasteiger partial charge >= 0.3 is 5.97 Å². The molecule has 0 fully saturated rings. The highest BCUT2D eigenvalue weighted by Crippen LogP contribution is 2.36. The van der Waals surface area contributed by atoms with Crippen molar-refractivity contribution in [1.29, 1.82) is 0 Å². The summed E-state index contributed by atoms with van der Waals surface area (Å²) in [6.07, 6.45) is 1.61. The monoisotopic (exact) mass is 352 g/mol. The first-order valence-corrected chi connectivity index (χ1v) is 11.5. The summed E-state index contributed by atoms with van der Waals surface area (Å²) >= 11 is 0. The molecule has 0 spiro atoms. The number of hydrogen-bond donors (Lipinski definition) is 0. The van der Waals surface area contributed by atoms with Crippen LogP contribution >= 0.6 is 0 Å². The molecule has 0 bridgehead atoms. The van der Waals surface area contributed by atoms with Crippen LogP contribution in [0.4, 0.5) is 0 Å². The Morgan fingerprint density at radius 3 is 2.33 bits per heavy atom. The van der Waals surface area contributed by atoms with E-state index in [9.17, 15) is 4.79 Å². The normalized spacial score (nSPS) is 13.6. The van der Waals surface area contributed by atoms with Crippen molar-refractivity contribution in [2.45, 2.75) is 57.8 Å². The number of esters is 1. The molecule has 0 amide bonds. The number of carbonyl (C=O) groups excluding carboxylic acids is 1. The van der Waals surface area contributed by atoms with E-state index in [1.165, 1.54) is 0 Å². The molecule has 0 saturated carbocycles. The van der Waals surface area contributed by atoms with Crippen LogP contribution in [0, 0.1) is 0 Å². The molecule has 0 aromatic heterocycles. The first kappa shape index (κ1) is 20.9. The Labute approximate surface area is 147 Å². The van der Waals surface area contributed by atoms with Crippen molar-refractivity contribution in [3.8, 4) is 0 Å². The molecule has 1 aromatic rings. The highest BCUT2D eigenvalue weighted by Gasteiger charge is 2.37. The quantitative estimate of drug-likeness (QED) is 0.368. The van der Waals surface area contributed by atoms with E-state index in [0.29, 0.717) is 18.8 Å². The van der Waals surface area contributed by atoms with Gasteiger partial charge in [0.1, 0.15) is 0 Å². The van der Waals surface area contributed by atoms with Crippen LogP contribution in [-0.4, -0.2) is 40.7 Å². The van der Waals surface area contributed by atoms with Crippen molar-refractivity contribution in [3.63, 3.8) is 0 Å². The van der Waals surface area contributed by atoms with E-state index >= 15 is 0 Å². The second-order valence-electron chi connectivity index (χ2n) is 7.57. The molecule has 0 aliphatic heterocycles. The van der Waals surface area contributed by atoms with Gasteiger partial charge in [-0.05, 0) is 43.1 Å². The lowest BCUT2D eigenvalue weighted by Crippen LogP contribution is -2.42. The van der Waals surface area contributed by atoms with E-state index in [2.05, 4.69) is 33.9 Å². The minimum Gasteiger partial charge on any atom is -0.462 e. The molecule has 1 atom stereocenters. The van der Waals surface area contributed by atoms with Gasteiger partial charge in [0.15, 0.2) is 8.32 Å². The number of rotatable bonds is 9. The smallest absolute Gasteiger partial charge is 0.338 e. The summed E-state index contributed by atoms with van der Waals surface area (Å²) in [6, 6.07) is 9.05. The van der Waals surface area contributed by atoms with Gasteiger partial charge in [0.25, 0.3) is 0 Å². The van der Waals surface area contributed by atoms with Gasteiger partial charge in [-0.2, -0.15) is 0 Å². The Balaban J connectivity index is 2.31. The topological polar surface area (TPSA) is 44.8 Å². The minimum absolute atomic E-state index is 0.0366. The van der Waals surface area contributed by atoms with Crippen LogP contribution in [0.15, 0.2) is 30.3 Å². The van der Waals surface area contributed by atoms with Crippen molar-refractivity contribution in [2.24, 2.45) is 0 Å². The van der Waals surface area contributed by atoms with Gasteiger partial charge in [0.2, 0.25) is 0 Å². The van der Waals surface area contributed by atoms with Gasteiger partial charge in [-0.25, -0.2) is 4.79 Å². The fourth-order valence-corrected chi connectivity index (χ4v) is 2.96. The van der Waals surface area contributed by atoms with Crippen molar-refractivity contribution in [2.75, 3.05) is 20.3 Å². The highest BCUT2D eigenvalue weighted by atomic mass is 28.4. The van der Waals surface area contributed by atoms with Gasteiger partial charge in [0.05, 0.1) is 24.9 Å². The predicted molar refractivity (Wildman–Crippen MR) is 99.9 cm³/mol. The summed E-state index contributed by atoms with van der Waals surface area (Å²) in [5, 5.41) is 0.191. The number of ether oxygens (including phenoxy) is 2. The lowest BCUT2D eigenvalue weighted by atomic mass is 10.2. The van der Waals surface area contributed by atoms with Gasteiger partial charge < -0.3 is 13.9 Å². The number of methoxy groups -OCH3 is 1. The van der Waals surface area contributed by atoms with Crippen molar-refractivity contribution >= 4 is 14.3 Å². The molecule has 4 nitrogen and oxygen atoms in total. The first-order chi connectivity index (χ1) is 11.2. The average molecular weight is 353 g/mol. The Bertz CT molecular complexity index is 494. The van der Waals surface area contributed by atoms with Crippen LogP contribution in [0.2, 0.25) is 18.1 Å². The van der Waals surface area contributed by atoms with E-state index < -0.39 is 8.32 Å². The Hall–Kier alpha value is -1.17. The number of carbonyl (C=O) groups is 1. The SMILES string of the molecule is COC(CCCOC(=O)c1ccccc1)CO[Si](C)(C)C(C)(C)C. The molecule has 1 unspecified atom stereocenters. The Morgan fingerprint density at radius 2 is 1.79 bits per heavy atom. The highest BCUT2D eigenvalue weighted by molar-refractivity contribution is 6.74. The maximum absolute atomic E-state index is 11.9. The predicted octanol–water partition coefficient (Wildman–Crippen LogP) is 4.66. The fourth-order valence-electron chi connectivity index (χ4n) is 1.92. The number of benzene rings is 1. The summed E-state index contributed by atoms with van der Waals surface area (Å²) in [7, 11) is -0.0548. The molecular weight excluding hydrogens is 320 g/mol. The maximum Gasteiger partial charge on any atom is 0.338 e. The van der Waals surface area contributed by atoms with Crippen molar-refractivity contribution in [1.82, 2.24) is 0 Å². The van der Waals surface area contributed by atoms with E-state index in [1.54, 1.807) is 19.2 Å². The molecule has 1 rings (SSSR count). The first-order valence-electron chi connectivity index (χ1n) is 8.56. The summed E-state index contributed by atoms with van der Waals surface area (Å²) in [5.74, 6) is -0.276. The van der Waals surface area contributed by atoms with Gasteiger partial charge in [-0.1, -0.05) is 39.0 Å². The second-order valence-corrected chi connectivity index (χ2v) is 12.4. The van der Waals surface area contributed by atoms with Crippen molar-refractivity contribution in [3.05, 3.63) is 35.9 Å². The molecule has 1 aromatic carbocycles. The van der Waals surface area contributed by atoms with Gasteiger partial charge in [0, 0.05) is 7.11 Å². The zero-order chi connectivity index (χ0) is 18.2. The molecule has 24 heavy (non-hydrogen) atoms. The van der Waals surface area contributed by atoms with Crippen LogP contribution in [0.1, 0.15) is 44.0 Å². The van der Waals surface area contributed by atoms with E-state index in [0.717, 1.165) is 12.8 Å². The third-order valence-corrected chi connectivity index (χ3v) is 9.18. The zero-order valence-corrected chi connectivity index (χ0v) is 16.9. The van der Waals surface area contributed by atoms with Crippen LogP contribution in [-0.2, 0) is 13.9 Å². The minimum atomic E-state index is -1.76. The standard InChI is InChI=1S/C19H32O4Si/c1-19(2,3)24(5,6)23-15-17(21-4)13-10-14-22-18(20)16-11-8-7-9-12-16/h7-9,11-12,17H,10,13-15H2,1-6H3. The molecule has 0 heterocycles. The van der Waals surface area contributed by atoms with Crippen molar-refractivity contribution < 1.29 is 18.7 Å². The summed E-state index contributed by atoms with van der Waals surface area (Å²) in [4.78, 5) is 11.9. The summed E-state index contributed by atoms with van der Waals surface area (Å²) in [6.45, 7) is 12.1. The van der Waals surface area contributed by atoms with Crippen LogP contribution in [0.25, 0.3) is 0 Å². The molecular formula is C19H32O4Si. The molecule has 0 aliphatic carbocycles. The fraction of sp³-hybridized carbons (Fsp3) is 0.632. The Kier molecular flexibility index (Phi) is 8.13. The second kappa shape index (κ2) is 9.35.